The van der Waals surface area contributed by atoms with Crippen LogP contribution < -0.4 is 10.6 Å². The summed E-state index contributed by atoms with van der Waals surface area (Å²) in [6.45, 7) is 9.15. The minimum atomic E-state index is -0.727. The topological polar surface area (TPSA) is 84.5 Å². The van der Waals surface area contributed by atoms with E-state index in [0.717, 1.165) is 36.1 Å². The highest BCUT2D eigenvalue weighted by Crippen LogP contribution is 2.23. The van der Waals surface area contributed by atoms with E-state index in [9.17, 15) is 14.4 Å². The van der Waals surface area contributed by atoms with E-state index in [4.69, 9.17) is 4.74 Å². The molecule has 0 aliphatic carbocycles. The predicted octanol–water partition coefficient (Wildman–Crippen LogP) is 6.66. The average molecular weight is 499 g/mol. The van der Waals surface area contributed by atoms with Gasteiger partial charge in [0.15, 0.2) is 5.12 Å². The number of alkyl carbamates (subject to hydrolysis) is 1. The number of benzene rings is 2. The van der Waals surface area contributed by atoms with Crippen LogP contribution in [0.15, 0.2) is 54.6 Å². The molecule has 0 saturated heterocycles. The molecule has 2 aromatic rings. The van der Waals surface area contributed by atoms with Crippen LogP contribution in [0.1, 0.15) is 60.3 Å². The largest absolute Gasteiger partial charge is 0.444 e. The summed E-state index contributed by atoms with van der Waals surface area (Å²) in [5.41, 5.74) is 2.06. The van der Waals surface area contributed by atoms with Gasteiger partial charge in [0.2, 0.25) is 5.91 Å². The summed E-state index contributed by atoms with van der Waals surface area (Å²) in [5, 5.41) is 5.87. The van der Waals surface area contributed by atoms with Gasteiger partial charge in [0.1, 0.15) is 11.6 Å². The summed E-state index contributed by atoms with van der Waals surface area (Å²) in [7, 11) is 0. The molecule has 0 fully saturated rings. The molecule has 2 rings (SSSR count). The van der Waals surface area contributed by atoms with Gasteiger partial charge in [0, 0.05) is 17.4 Å². The van der Waals surface area contributed by atoms with Gasteiger partial charge in [0.05, 0.1) is 0 Å². The number of rotatable bonds is 11. The summed E-state index contributed by atoms with van der Waals surface area (Å²) in [6, 6.07) is 16.8. The molecular weight excluding hydrogens is 460 g/mol. The molecule has 35 heavy (non-hydrogen) atoms. The number of unbranched alkanes of at least 4 members (excludes halogenated alkanes) is 2. The molecule has 190 valence electrons. The Balaban J connectivity index is 1.99. The number of ether oxygens (including phenoxy) is 1. The second-order valence-electron chi connectivity index (χ2n) is 9.81. The highest BCUT2D eigenvalue weighted by Gasteiger charge is 2.24. The maximum atomic E-state index is 13.1. The molecule has 7 heteroatoms. The Hall–Kier alpha value is -2.80. The van der Waals surface area contributed by atoms with E-state index in [1.54, 1.807) is 20.8 Å². The fourth-order valence-corrected chi connectivity index (χ4v) is 4.20. The van der Waals surface area contributed by atoms with Crippen LogP contribution in [0, 0.1) is 5.92 Å². The first-order chi connectivity index (χ1) is 16.5. The molecule has 0 aromatic heterocycles. The van der Waals surface area contributed by atoms with Crippen LogP contribution in [-0.4, -0.2) is 34.5 Å². The van der Waals surface area contributed by atoms with Crippen molar-refractivity contribution in [3.05, 3.63) is 54.6 Å². The van der Waals surface area contributed by atoms with E-state index in [-0.39, 0.29) is 16.9 Å². The summed E-state index contributed by atoms with van der Waals surface area (Å²) in [6.07, 6.45) is 2.35. The van der Waals surface area contributed by atoms with Gasteiger partial charge in [-0.05, 0) is 56.9 Å². The number of anilines is 1. The highest BCUT2D eigenvalue weighted by molar-refractivity contribution is 8.13. The van der Waals surface area contributed by atoms with E-state index in [2.05, 4.69) is 10.6 Å². The molecule has 0 heterocycles. The highest BCUT2D eigenvalue weighted by atomic mass is 32.2. The quantitative estimate of drug-likeness (QED) is 0.338. The average Bonchev–Trinajstić information content (AvgIpc) is 2.79. The first-order valence-electron chi connectivity index (χ1n) is 12.2. The molecule has 0 unspecified atom stereocenters. The van der Waals surface area contributed by atoms with Crippen molar-refractivity contribution in [2.75, 3.05) is 11.1 Å². The molecule has 0 saturated carbocycles. The maximum absolute atomic E-state index is 13.1. The van der Waals surface area contributed by atoms with Crippen molar-refractivity contribution >= 4 is 34.6 Å². The molecule has 2 N–H and O–H groups in total. The molecule has 0 radical (unpaired) electrons. The summed E-state index contributed by atoms with van der Waals surface area (Å²) in [4.78, 5) is 37.2. The van der Waals surface area contributed by atoms with Gasteiger partial charge in [-0.15, -0.1) is 0 Å². The Bertz CT molecular complexity index is 970. The van der Waals surface area contributed by atoms with Gasteiger partial charge in [-0.1, -0.05) is 80.9 Å². The second-order valence-corrected chi connectivity index (χ2v) is 10.9. The van der Waals surface area contributed by atoms with E-state index in [1.807, 2.05) is 68.4 Å². The standard InChI is InChI=1S/C28H38N2O4S/c1-20(2)26(32)35-18-11-7-10-17-24(30-27(33)34-28(3,4)5)25(31)29-23-16-12-15-22(19-23)21-13-8-6-9-14-21/h6,8-9,12-16,19-20,24H,7,10-11,17-18H2,1-5H3,(H,29,31)(H,30,33)/t24-/m0/s1. The zero-order chi connectivity index (χ0) is 25.8. The number of carbonyl (C=O) groups is 3. The molecular formula is C28H38N2O4S. The zero-order valence-corrected chi connectivity index (χ0v) is 22.2. The number of hydrogen-bond acceptors (Lipinski definition) is 5. The smallest absolute Gasteiger partial charge is 0.408 e. The third-order valence-electron chi connectivity index (χ3n) is 5.10. The Morgan fingerprint density at radius 2 is 1.60 bits per heavy atom. The van der Waals surface area contributed by atoms with Gasteiger partial charge < -0.3 is 15.4 Å². The van der Waals surface area contributed by atoms with Crippen molar-refractivity contribution < 1.29 is 19.1 Å². The lowest BCUT2D eigenvalue weighted by Crippen LogP contribution is -2.45. The Morgan fingerprint density at radius 1 is 0.914 bits per heavy atom. The van der Waals surface area contributed by atoms with Crippen LogP contribution in [0.4, 0.5) is 10.5 Å². The zero-order valence-electron chi connectivity index (χ0n) is 21.4. The minimum Gasteiger partial charge on any atom is -0.444 e. The SMILES string of the molecule is CC(C)C(=O)SCCCCC[C@H](NC(=O)OC(C)(C)C)C(=O)Nc1cccc(-c2ccccc2)c1. The van der Waals surface area contributed by atoms with E-state index in [0.29, 0.717) is 12.1 Å². The normalized spacial score (nSPS) is 12.2. The van der Waals surface area contributed by atoms with Crippen molar-refractivity contribution in [2.24, 2.45) is 5.92 Å². The van der Waals surface area contributed by atoms with Crippen LogP contribution in [0.25, 0.3) is 11.1 Å². The lowest BCUT2D eigenvalue weighted by atomic mass is 10.0. The van der Waals surface area contributed by atoms with Crippen LogP contribution >= 0.6 is 11.8 Å². The second kappa shape index (κ2) is 13.9. The third-order valence-corrected chi connectivity index (χ3v) is 6.35. The van der Waals surface area contributed by atoms with Gasteiger partial charge in [0.25, 0.3) is 0 Å². The van der Waals surface area contributed by atoms with E-state index < -0.39 is 17.7 Å². The third kappa shape index (κ3) is 11.0. The Morgan fingerprint density at radius 3 is 2.26 bits per heavy atom. The van der Waals surface area contributed by atoms with Crippen molar-refractivity contribution in [1.82, 2.24) is 5.32 Å². The fourth-order valence-electron chi connectivity index (χ4n) is 3.32. The fraction of sp³-hybridized carbons (Fsp3) is 0.464. The Kier molecular flexibility index (Phi) is 11.3. The molecule has 2 aromatic carbocycles. The van der Waals surface area contributed by atoms with Crippen LogP contribution in [0.5, 0.6) is 0 Å². The monoisotopic (exact) mass is 498 g/mol. The van der Waals surface area contributed by atoms with Gasteiger partial charge in [-0.3, -0.25) is 9.59 Å². The summed E-state index contributed by atoms with van der Waals surface area (Å²) >= 11 is 1.36. The molecule has 0 spiro atoms. The molecule has 6 nitrogen and oxygen atoms in total. The van der Waals surface area contributed by atoms with Crippen LogP contribution in [0.3, 0.4) is 0 Å². The van der Waals surface area contributed by atoms with Gasteiger partial charge >= 0.3 is 6.09 Å². The van der Waals surface area contributed by atoms with Gasteiger partial charge in [-0.25, -0.2) is 4.79 Å². The number of hydrogen-bond donors (Lipinski definition) is 2. The number of carbonyl (C=O) groups excluding carboxylic acids is 3. The van der Waals surface area contributed by atoms with Crippen molar-refractivity contribution in [2.45, 2.75) is 71.9 Å². The van der Waals surface area contributed by atoms with Crippen molar-refractivity contribution in [1.29, 1.82) is 0 Å². The molecule has 0 aliphatic heterocycles. The predicted molar refractivity (Wildman–Crippen MR) is 144 cm³/mol. The molecule has 0 aliphatic rings. The first kappa shape index (κ1) is 28.4. The van der Waals surface area contributed by atoms with E-state index >= 15 is 0 Å². The molecule has 0 bridgehead atoms. The lowest BCUT2D eigenvalue weighted by molar-refractivity contribution is -0.118. The number of thioether (sulfide) groups is 1. The van der Waals surface area contributed by atoms with Crippen LogP contribution in [0.2, 0.25) is 0 Å². The first-order valence-corrected chi connectivity index (χ1v) is 13.2. The van der Waals surface area contributed by atoms with Crippen LogP contribution in [-0.2, 0) is 14.3 Å². The maximum Gasteiger partial charge on any atom is 0.408 e. The van der Waals surface area contributed by atoms with Crippen molar-refractivity contribution in [3.8, 4) is 11.1 Å². The Labute approximate surface area is 213 Å². The summed E-state index contributed by atoms with van der Waals surface area (Å²) < 4.78 is 5.37. The number of nitrogens with one attached hydrogen (secondary N) is 2. The molecule has 1 atom stereocenters. The van der Waals surface area contributed by atoms with Crippen molar-refractivity contribution in [3.63, 3.8) is 0 Å². The van der Waals surface area contributed by atoms with E-state index in [1.165, 1.54) is 11.8 Å². The number of amides is 2. The molecule has 2 amide bonds. The minimum absolute atomic E-state index is 0.0338. The van der Waals surface area contributed by atoms with Gasteiger partial charge in [-0.2, -0.15) is 0 Å². The lowest BCUT2D eigenvalue weighted by Gasteiger charge is -2.23. The summed E-state index contributed by atoms with van der Waals surface area (Å²) in [5.74, 6) is 0.511.